The summed E-state index contributed by atoms with van der Waals surface area (Å²) in [6, 6.07) is 0. The Balaban J connectivity index is 3.64. The first-order valence-electron chi connectivity index (χ1n) is 7.73. The molecule has 0 heterocycles. The van der Waals surface area contributed by atoms with Gasteiger partial charge in [0.1, 0.15) is 0 Å². The standard InChI is InChI=1S/C19H26O4/c1-8-11-23-17-13(19(6,7)10-3)15(21)14(20)12(16(17)22)18(4,5)9-2/h9-10,20H,2-3,8,11H2,1,4-7H3. The average molecular weight is 318 g/mol. The van der Waals surface area contributed by atoms with E-state index in [1.165, 1.54) is 6.08 Å². The Morgan fingerprint density at radius 3 is 1.91 bits per heavy atom. The van der Waals surface area contributed by atoms with Crippen molar-refractivity contribution < 1.29 is 19.4 Å². The molecule has 0 spiro atoms. The molecule has 126 valence electrons. The van der Waals surface area contributed by atoms with Gasteiger partial charge in [0, 0.05) is 10.8 Å². The summed E-state index contributed by atoms with van der Waals surface area (Å²) in [5.41, 5.74) is -1.48. The number of carbonyl (C=O) groups is 2. The average Bonchev–Trinajstić information content (AvgIpc) is 2.49. The molecular weight excluding hydrogens is 292 g/mol. The molecule has 0 unspecified atom stereocenters. The number of rotatable bonds is 7. The highest BCUT2D eigenvalue weighted by Crippen LogP contribution is 2.42. The SMILES string of the molecule is C=CC(C)(C)C1=C(O)C(=O)C(C(C)(C)C=C)=C(OCCC)C1=O. The van der Waals surface area contributed by atoms with E-state index in [1.807, 2.05) is 6.92 Å². The van der Waals surface area contributed by atoms with Gasteiger partial charge in [-0.25, -0.2) is 0 Å². The highest BCUT2D eigenvalue weighted by Gasteiger charge is 2.45. The van der Waals surface area contributed by atoms with Crippen LogP contribution in [-0.2, 0) is 14.3 Å². The third-order valence-electron chi connectivity index (χ3n) is 4.10. The van der Waals surface area contributed by atoms with Crippen molar-refractivity contribution in [1.29, 1.82) is 0 Å². The molecule has 0 bridgehead atoms. The quantitative estimate of drug-likeness (QED) is 0.568. The monoisotopic (exact) mass is 318 g/mol. The minimum atomic E-state index is -0.846. The minimum absolute atomic E-state index is 0.00414. The number of Topliss-reactive ketones (excluding diaryl/α,β-unsaturated/α-hetero) is 2. The summed E-state index contributed by atoms with van der Waals surface area (Å²) in [7, 11) is 0. The van der Waals surface area contributed by atoms with Crippen LogP contribution in [0.15, 0.2) is 48.0 Å². The molecule has 1 aliphatic carbocycles. The van der Waals surface area contributed by atoms with Crippen molar-refractivity contribution in [1.82, 2.24) is 0 Å². The van der Waals surface area contributed by atoms with Gasteiger partial charge in [-0.2, -0.15) is 0 Å². The van der Waals surface area contributed by atoms with Crippen LogP contribution >= 0.6 is 0 Å². The van der Waals surface area contributed by atoms with Crippen molar-refractivity contribution in [3.8, 4) is 0 Å². The fourth-order valence-electron chi connectivity index (χ4n) is 2.40. The predicted octanol–water partition coefficient (Wildman–Crippen LogP) is 4.06. The summed E-state index contributed by atoms with van der Waals surface area (Å²) in [6.07, 6.45) is 3.80. The van der Waals surface area contributed by atoms with Crippen LogP contribution in [0, 0.1) is 10.8 Å². The topological polar surface area (TPSA) is 63.6 Å². The van der Waals surface area contributed by atoms with Crippen molar-refractivity contribution in [3.05, 3.63) is 48.0 Å². The van der Waals surface area contributed by atoms with Crippen molar-refractivity contribution in [3.63, 3.8) is 0 Å². The van der Waals surface area contributed by atoms with E-state index in [0.717, 1.165) is 0 Å². The first kappa shape index (κ1) is 18.9. The Labute approximate surface area is 138 Å². The second kappa shape index (κ2) is 6.57. The fraction of sp³-hybridized carbons (Fsp3) is 0.474. The Morgan fingerprint density at radius 2 is 1.48 bits per heavy atom. The number of ether oxygens (including phenoxy) is 1. The molecule has 0 saturated carbocycles. The highest BCUT2D eigenvalue weighted by molar-refractivity contribution is 6.24. The zero-order valence-electron chi connectivity index (χ0n) is 14.7. The maximum atomic E-state index is 12.9. The molecule has 0 radical (unpaired) electrons. The molecular formula is C19H26O4. The molecule has 0 saturated heterocycles. The number of hydrogen-bond donors (Lipinski definition) is 1. The second-order valence-corrected chi connectivity index (χ2v) is 6.79. The molecule has 0 fully saturated rings. The molecule has 23 heavy (non-hydrogen) atoms. The Morgan fingerprint density at radius 1 is 1.00 bits per heavy atom. The van der Waals surface area contributed by atoms with Crippen molar-refractivity contribution >= 4 is 11.6 Å². The molecule has 4 heteroatoms. The lowest BCUT2D eigenvalue weighted by Crippen LogP contribution is -2.36. The van der Waals surface area contributed by atoms with Gasteiger partial charge in [-0.3, -0.25) is 9.59 Å². The maximum absolute atomic E-state index is 12.9. The van der Waals surface area contributed by atoms with Crippen molar-refractivity contribution in [2.75, 3.05) is 6.61 Å². The number of allylic oxidation sites excluding steroid dienone is 4. The van der Waals surface area contributed by atoms with Crippen LogP contribution in [0.1, 0.15) is 41.0 Å². The Bertz CT molecular complexity index is 615. The van der Waals surface area contributed by atoms with E-state index in [4.69, 9.17) is 4.74 Å². The molecule has 1 N–H and O–H groups in total. The van der Waals surface area contributed by atoms with E-state index in [9.17, 15) is 14.7 Å². The summed E-state index contributed by atoms with van der Waals surface area (Å²) < 4.78 is 5.62. The molecule has 1 rings (SSSR count). The van der Waals surface area contributed by atoms with Gasteiger partial charge >= 0.3 is 0 Å². The van der Waals surface area contributed by atoms with Crippen molar-refractivity contribution in [2.24, 2.45) is 10.8 Å². The lowest BCUT2D eigenvalue weighted by atomic mass is 9.71. The van der Waals surface area contributed by atoms with E-state index in [0.29, 0.717) is 13.0 Å². The summed E-state index contributed by atoms with van der Waals surface area (Å²) in [6.45, 7) is 16.6. The van der Waals surface area contributed by atoms with E-state index in [-0.39, 0.29) is 16.9 Å². The predicted molar refractivity (Wildman–Crippen MR) is 90.9 cm³/mol. The highest BCUT2D eigenvalue weighted by atomic mass is 16.5. The smallest absolute Gasteiger partial charge is 0.228 e. The number of hydrogen-bond acceptors (Lipinski definition) is 4. The van der Waals surface area contributed by atoms with Crippen LogP contribution in [0.5, 0.6) is 0 Å². The number of ketones is 2. The normalized spacial score (nSPS) is 16.7. The zero-order chi connectivity index (χ0) is 18.0. The molecule has 0 atom stereocenters. The minimum Gasteiger partial charge on any atom is -0.504 e. The second-order valence-electron chi connectivity index (χ2n) is 6.79. The Hall–Kier alpha value is -2.10. The third kappa shape index (κ3) is 3.31. The third-order valence-corrected chi connectivity index (χ3v) is 4.10. The van der Waals surface area contributed by atoms with Crippen LogP contribution in [-0.4, -0.2) is 23.3 Å². The van der Waals surface area contributed by atoms with Gasteiger partial charge in [0.2, 0.25) is 11.6 Å². The van der Waals surface area contributed by atoms with Crippen LogP contribution in [0.3, 0.4) is 0 Å². The molecule has 0 aliphatic heterocycles. The van der Waals surface area contributed by atoms with Crippen LogP contribution in [0.4, 0.5) is 0 Å². The van der Waals surface area contributed by atoms with Gasteiger partial charge in [0.05, 0.1) is 17.8 Å². The molecule has 0 aromatic carbocycles. The van der Waals surface area contributed by atoms with E-state index < -0.39 is 28.2 Å². The zero-order valence-corrected chi connectivity index (χ0v) is 14.7. The van der Waals surface area contributed by atoms with Gasteiger partial charge in [0.25, 0.3) is 0 Å². The molecule has 0 amide bonds. The Kier molecular flexibility index (Phi) is 5.41. The first-order valence-corrected chi connectivity index (χ1v) is 7.73. The van der Waals surface area contributed by atoms with E-state index >= 15 is 0 Å². The number of carbonyl (C=O) groups excluding carboxylic acids is 2. The summed E-state index contributed by atoms with van der Waals surface area (Å²) in [5, 5.41) is 10.4. The maximum Gasteiger partial charge on any atom is 0.228 e. The van der Waals surface area contributed by atoms with Crippen LogP contribution in [0.25, 0.3) is 0 Å². The van der Waals surface area contributed by atoms with Gasteiger partial charge in [0.15, 0.2) is 11.5 Å². The van der Waals surface area contributed by atoms with Crippen molar-refractivity contribution in [2.45, 2.75) is 41.0 Å². The van der Waals surface area contributed by atoms with Gasteiger partial charge in [-0.05, 0) is 6.42 Å². The van der Waals surface area contributed by atoms with Gasteiger partial charge in [-0.1, -0.05) is 46.8 Å². The first-order chi connectivity index (χ1) is 10.5. The lowest BCUT2D eigenvalue weighted by Gasteiger charge is -2.33. The molecule has 4 nitrogen and oxygen atoms in total. The van der Waals surface area contributed by atoms with E-state index in [2.05, 4.69) is 13.2 Å². The van der Waals surface area contributed by atoms with E-state index in [1.54, 1.807) is 33.8 Å². The molecule has 0 aromatic heterocycles. The van der Waals surface area contributed by atoms with Crippen LogP contribution in [0.2, 0.25) is 0 Å². The largest absolute Gasteiger partial charge is 0.504 e. The number of aliphatic hydroxyl groups excluding tert-OH is 1. The van der Waals surface area contributed by atoms with Crippen LogP contribution < -0.4 is 0 Å². The lowest BCUT2D eigenvalue weighted by molar-refractivity contribution is -0.122. The molecule has 0 aromatic rings. The van der Waals surface area contributed by atoms with Gasteiger partial charge < -0.3 is 9.84 Å². The summed E-state index contributed by atoms with van der Waals surface area (Å²) >= 11 is 0. The fourth-order valence-corrected chi connectivity index (χ4v) is 2.40. The summed E-state index contributed by atoms with van der Waals surface area (Å²) in [4.78, 5) is 25.7. The summed E-state index contributed by atoms with van der Waals surface area (Å²) in [5.74, 6) is -1.59. The number of aliphatic hydroxyl groups is 1. The molecule has 1 aliphatic rings. The van der Waals surface area contributed by atoms with Gasteiger partial charge in [-0.15, -0.1) is 13.2 Å².